The van der Waals surface area contributed by atoms with E-state index in [1.54, 1.807) is 6.08 Å². The summed E-state index contributed by atoms with van der Waals surface area (Å²) in [5, 5.41) is 11.2. The second-order valence-electron chi connectivity index (χ2n) is 3.27. The molecular formula is C11H10N2O3. The highest BCUT2D eigenvalue weighted by molar-refractivity contribution is 6.13. The number of hydrogen-bond donors (Lipinski definition) is 2. The Bertz CT molecular complexity index is 454. The van der Waals surface area contributed by atoms with Crippen molar-refractivity contribution in [2.75, 3.05) is 6.73 Å². The van der Waals surface area contributed by atoms with Crippen LogP contribution in [0.2, 0.25) is 0 Å². The van der Waals surface area contributed by atoms with Crippen molar-refractivity contribution in [3.05, 3.63) is 41.6 Å². The fourth-order valence-corrected chi connectivity index (χ4v) is 1.42. The summed E-state index contributed by atoms with van der Waals surface area (Å²) in [7, 11) is 0. The average Bonchev–Trinajstić information content (AvgIpc) is 2.55. The highest BCUT2D eigenvalue weighted by atomic mass is 16.3. The molecule has 1 aromatic carbocycles. The van der Waals surface area contributed by atoms with Crippen molar-refractivity contribution in [3.8, 4) is 0 Å². The molecular weight excluding hydrogens is 208 g/mol. The Kier molecular flexibility index (Phi) is 2.70. The quantitative estimate of drug-likeness (QED) is 0.562. The summed E-state index contributed by atoms with van der Waals surface area (Å²) in [4.78, 5) is 23.5. The van der Waals surface area contributed by atoms with E-state index in [-0.39, 0.29) is 5.70 Å². The van der Waals surface area contributed by atoms with E-state index in [4.69, 9.17) is 5.11 Å². The monoisotopic (exact) mass is 218 g/mol. The lowest BCUT2D eigenvalue weighted by Gasteiger charge is -2.04. The van der Waals surface area contributed by atoms with Gasteiger partial charge in [-0.1, -0.05) is 30.3 Å². The van der Waals surface area contributed by atoms with E-state index in [0.29, 0.717) is 0 Å². The summed E-state index contributed by atoms with van der Waals surface area (Å²) in [5.41, 5.74) is 0.983. The van der Waals surface area contributed by atoms with Crippen LogP contribution in [0.5, 0.6) is 0 Å². The molecule has 0 radical (unpaired) electrons. The standard InChI is InChI=1S/C11H10N2O3/c14-7-13-10(15)9(12-11(13)16)6-8-4-2-1-3-5-8/h1-6,14H,7H2,(H,12,16)/b9-6-. The number of aliphatic hydroxyl groups excluding tert-OH is 1. The minimum absolute atomic E-state index is 0.172. The van der Waals surface area contributed by atoms with Crippen LogP contribution in [0.3, 0.4) is 0 Å². The van der Waals surface area contributed by atoms with Gasteiger partial charge in [-0.15, -0.1) is 0 Å². The number of hydrogen-bond acceptors (Lipinski definition) is 3. The van der Waals surface area contributed by atoms with E-state index >= 15 is 0 Å². The normalized spacial score (nSPS) is 18.1. The van der Waals surface area contributed by atoms with E-state index in [2.05, 4.69) is 5.32 Å². The van der Waals surface area contributed by atoms with Gasteiger partial charge in [-0.2, -0.15) is 0 Å². The smallest absolute Gasteiger partial charge is 0.330 e. The van der Waals surface area contributed by atoms with Crippen LogP contribution in [0.1, 0.15) is 5.56 Å². The molecule has 2 N–H and O–H groups in total. The molecule has 0 spiro atoms. The maximum atomic E-state index is 11.6. The Morgan fingerprint density at radius 1 is 1.25 bits per heavy atom. The molecule has 2 rings (SSSR count). The van der Waals surface area contributed by atoms with Gasteiger partial charge in [-0.3, -0.25) is 4.79 Å². The first-order chi connectivity index (χ1) is 7.72. The Hall–Kier alpha value is -2.14. The second kappa shape index (κ2) is 4.16. The van der Waals surface area contributed by atoms with Gasteiger partial charge in [-0.25, -0.2) is 9.69 Å². The highest BCUT2D eigenvalue weighted by Crippen LogP contribution is 2.12. The fourth-order valence-electron chi connectivity index (χ4n) is 1.42. The summed E-state index contributed by atoms with van der Waals surface area (Å²) in [6, 6.07) is 8.54. The van der Waals surface area contributed by atoms with E-state index < -0.39 is 18.7 Å². The first kappa shape index (κ1) is 10.4. The Labute approximate surface area is 92.0 Å². The molecule has 1 fully saturated rings. The number of urea groups is 1. The molecule has 0 unspecified atom stereocenters. The number of nitrogens with zero attached hydrogens (tertiary/aromatic N) is 1. The van der Waals surface area contributed by atoms with Gasteiger partial charge < -0.3 is 10.4 Å². The number of aliphatic hydroxyl groups is 1. The minimum Gasteiger partial charge on any atom is -0.376 e. The molecule has 1 heterocycles. The molecule has 16 heavy (non-hydrogen) atoms. The van der Waals surface area contributed by atoms with Crippen molar-refractivity contribution in [1.82, 2.24) is 10.2 Å². The van der Waals surface area contributed by atoms with Crippen molar-refractivity contribution in [1.29, 1.82) is 0 Å². The number of imide groups is 1. The second-order valence-corrected chi connectivity index (χ2v) is 3.27. The number of rotatable bonds is 2. The number of carbonyl (C=O) groups excluding carboxylic acids is 2. The number of benzene rings is 1. The van der Waals surface area contributed by atoms with Crippen molar-refractivity contribution < 1.29 is 14.7 Å². The fraction of sp³-hybridized carbons (Fsp3) is 0.0909. The molecule has 3 amide bonds. The van der Waals surface area contributed by atoms with Crippen LogP contribution in [0.4, 0.5) is 4.79 Å². The van der Waals surface area contributed by atoms with Gasteiger partial charge in [0.2, 0.25) is 0 Å². The van der Waals surface area contributed by atoms with Crippen LogP contribution in [0.25, 0.3) is 6.08 Å². The summed E-state index contributed by atoms with van der Waals surface area (Å²) in [6.07, 6.45) is 1.57. The van der Waals surface area contributed by atoms with E-state index in [0.717, 1.165) is 10.5 Å². The lowest BCUT2D eigenvalue weighted by atomic mass is 10.2. The SMILES string of the molecule is O=C1N/C(=C\c2ccccc2)C(=O)N1CO. The van der Waals surface area contributed by atoms with Crippen molar-refractivity contribution in [2.45, 2.75) is 0 Å². The molecule has 0 bridgehead atoms. The van der Waals surface area contributed by atoms with Gasteiger partial charge in [0.15, 0.2) is 0 Å². The zero-order chi connectivity index (χ0) is 11.5. The average molecular weight is 218 g/mol. The van der Waals surface area contributed by atoms with E-state index in [1.807, 2.05) is 30.3 Å². The van der Waals surface area contributed by atoms with Crippen LogP contribution in [0, 0.1) is 0 Å². The van der Waals surface area contributed by atoms with Gasteiger partial charge in [-0.05, 0) is 11.6 Å². The van der Waals surface area contributed by atoms with Crippen LogP contribution in [0.15, 0.2) is 36.0 Å². The summed E-state index contributed by atoms with van der Waals surface area (Å²) in [6.45, 7) is -0.614. The van der Waals surface area contributed by atoms with Crippen LogP contribution >= 0.6 is 0 Å². The van der Waals surface area contributed by atoms with E-state index in [9.17, 15) is 9.59 Å². The number of carbonyl (C=O) groups is 2. The third-order valence-electron chi connectivity index (χ3n) is 2.21. The molecule has 1 aromatic rings. The Morgan fingerprint density at radius 2 is 1.94 bits per heavy atom. The van der Waals surface area contributed by atoms with Gasteiger partial charge >= 0.3 is 6.03 Å². The molecule has 0 aromatic heterocycles. The van der Waals surface area contributed by atoms with Gasteiger partial charge in [0.25, 0.3) is 5.91 Å². The molecule has 5 heteroatoms. The summed E-state index contributed by atoms with van der Waals surface area (Å²) in [5.74, 6) is -0.517. The molecule has 82 valence electrons. The lowest BCUT2D eigenvalue weighted by molar-refractivity contribution is -0.125. The van der Waals surface area contributed by atoms with Crippen LogP contribution in [-0.2, 0) is 4.79 Å². The Morgan fingerprint density at radius 3 is 2.50 bits per heavy atom. The summed E-state index contributed by atoms with van der Waals surface area (Å²) < 4.78 is 0. The zero-order valence-corrected chi connectivity index (χ0v) is 8.38. The summed E-state index contributed by atoms with van der Waals surface area (Å²) >= 11 is 0. The van der Waals surface area contributed by atoms with Crippen LogP contribution < -0.4 is 5.32 Å². The predicted molar refractivity (Wildman–Crippen MR) is 56.9 cm³/mol. The van der Waals surface area contributed by atoms with Crippen molar-refractivity contribution >= 4 is 18.0 Å². The first-order valence-electron chi connectivity index (χ1n) is 4.73. The largest absolute Gasteiger partial charge is 0.376 e. The number of nitrogens with one attached hydrogen (secondary N) is 1. The maximum absolute atomic E-state index is 11.6. The molecule has 1 saturated heterocycles. The number of amides is 3. The Balaban J connectivity index is 2.27. The molecule has 1 aliphatic heterocycles. The molecule has 0 saturated carbocycles. The minimum atomic E-state index is -0.614. The van der Waals surface area contributed by atoms with E-state index in [1.165, 1.54) is 0 Å². The van der Waals surface area contributed by atoms with Crippen molar-refractivity contribution in [2.24, 2.45) is 0 Å². The first-order valence-corrected chi connectivity index (χ1v) is 4.73. The molecule has 0 atom stereocenters. The van der Waals surface area contributed by atoms with Gasteiger partial charge in [0, 0.05) is 0 Å². The lowest BCUT2D eigenvalue weighted by Crippen LogP contribution is -2.31. The zero-order valence-electron chi connectivity index (χ0n) is 8.38. The molecule has 0 aliphatic carbocycles. The highest BCUT2D eigenvalue weighted by Gasteiger charge is 2.32. The predicted octanol–water partition coefficient (Wildman–Crippen LogP) is 0.529. The topological polar surface area (TPSA) is 69.6 Å². The maximum Gasteiger partial charge on any atom is 0.330 e. The van der Waals surface area contributed by atoms with Gasteiger partial charge in [0.1, 0.15) is 12.4 Å². The third kappa shape index (κ3) is 1.80. The van der Waals surface area contributed by atoms with Crippen molar-refractivity contribution in [3.63, 3.8) is 0 Å². The molecule has 5 nitrogen and oxygen atoms in total. The molecule has 1 aliphatic rings. The van der Waals surface area contributed by atoms with Crippen LogP contribution in [-0.4, -0.2) is 28.7 Å². The third-order valence-corrected chi connectivity index (χ3v) is 2.21. The van der Waals surface area contributed by atoms with Gasteiger partial charge in [0.05, 0.1) is 0 Å².